The van der Waals surface area contributed by atoms with Crippen LogP contribution >= 0.6 is 23.2 Å². The molecule has 0 atom stereocenters. The summed E-state index contributed by atoms with van der Waals surface area (Å²) in [6, 6.07) is 0.776. The summed E-state index contributed by atoms with van der Waals surface area (Å²) in [5, 5.41) is 1.82. The lowest BCUT2D eigenvalue weighted by Gasteiger charge is -2.12. The first kappa shape index (κ1) is 21.1. The highest BCUT2D eigenvalue weighted by molar-refractivity contribution is 7.92. The third kappa shape index (κ3) is 3.52. The van der Waals surface area contributed by atoms with Crippen molar-refractivity contribution >= 4 is 44.7 Å². The highest BCUT2D eigenvalue weighted by Gasteiger charge is 2.51. The van der Waals surface area contributed by atoms with Crippen molar-refractivity contribution in [3.8, 4) is 5.69 Å². The van der Waals surface area contributed by atoms with Crippen LogP contribution in [0.3, 0.4) is 0 Å². The van der Waals surface area contributed by atoms with Crippen LogP contribution < -0.4 is 5.73 Å². The Morgan fingerprint density at radius 2 is 1.59 bits per heavy atom. The van der Waals surface area contributed by atoms with Crippen molar-refractivity contribution in [3.63, 3.8) is 0 Å². The van der Waals surface area contributed by atoms with E-state index >= 15 is 0 Å². The van der Waals surface area contributed by atoms with Gasteiger partial charge < -0.3 is 10.6 Å². The highest BCUT2D eigenvalue weighted by Crippen LogP contribution is 2.43. The van der Waals surface area contributed by atoms with E-state index in [2.05, 4.69) is 9.94 Å². The average molecular weight is 453 g/mol. The summed E-state index contributed by atoms with van der Waals surface area (Å²) in [7, 11) is -6.08. The molecule has 146 valence electrons. The van der Waals surface area contributed by atoms with Gasteiger partial charge in [-0.1, -0.05) is 29.8 Å². The zero-order valence-corrected chi connectivity index (χ0v) is 14.7. The van der Waals surface area contributed by atoms with Crippen LogP contribution in [0.15, 0.2) is 17.0 Å². The number of benzene rings is 1. The van der Waals surface area contributed by atoms with E-state index in [0.29, 0.717) is 12.1 Å². The number of halogens is 8. The largest absolute Gasteiger partial charge is 0.500 e. The first-order valence-electron chi connectivity index (χ1n) is 6.26. The summed E-state index contributed by atoms with van der Waals surface area (Å²) >= 11 is 11.4. The molecule has 27 heavy (non-hydrogen) atoms. The van der Waals surface area contributed by atoms with Crippen molar-refractivity contribution in [3.05, 3.63) is 39.2 Å². The Labute approximate surface area is 156 Å². The van der Waals surface area contributed by atoms with E-state index in [1.54, 1.807) is 0 Å². The number of hydrogen-bond donors (Lipinski definition) is 1. The molecule has 2 aromatic rings. The van der Waals surface area contributed by atoms with Gasteiger partial charge in [0, 0.05) is 0 Å². The third-order valence-corrected chi connectivity index (χ3v) is 5.21. The molecule has 1 aromatic heterocycles. The predicted molar refractivity (Wildman–Crippen MR) is 82.5 cm³/mol. The lowest BCUT2D eigenvalue weighted by Crippen LogP contribution is -2.24. The molecule has 0 radical (unpaired) electrons. The standard InChI is InChI=1S/C12H4Cl2F6N4O2S/c1-22-10-8(27(25,26)12(18,19)20)9(21)24(23-10)7-5(13)2-4(3-6(7)14)11(15,16)17/h2-3H,21H2. The maximum absolute atomic E-state index is 12.8. The second-order valence-corrected chi connectivity index (χ2v) is 7.49. The van der Waals surface area contributed by atoms with Gasteiger partial charge in [-0.2, -0.15) is 26.3 Å². The van der Waals surface area contributed by atoms with Gasteiger partial charge in [-0.15, -0.1) is 4.68 Å². The first-order valence-corrected chi connectivity index (χ1v) is 8.50. The van der Waals surface area contributed by atoms with Crippen LogP contribution in [0.1, 0.15) is 5.56 Å². The van der Waals surface area contributed by atoms with E-state index in [1.165, 1.54) is 0 Å². The summed E-state index contributed by atoms with van der Waals surface area (Å²) in [6.07, 6.45) is -4.84. The second-order valence-electron chi connectivity index (χ2n) is 4.80. The Morgan fingerprint density at radius 1 is 1.11 bits per heavy atom. The summed E-state index contributed by atoms with van der Waals surface area (Å²) in [5.41, 5.74) is -2.31. The molecule has 0 aliphatic heterocycles. The maximum Gasteiger partial charge on any atom is 0.500 e. The number of nitrogen functional groups attached to an aromatic ring is 1. The van der Waals surface area contributed by atoms with Gasteiger partial charge in [-0.3, -0.25) is 0 Å². The quantitative estimate of drug-likeness (QED) is 0.532. The van der Waals surface area contributed by atoms with Crippen LogP contribution in [0.4, 0.5) is 38.0 Å². The molecule has 1 heterocycles. The van der Waals surface area contributed by atoms with E-state index < -0.39 is 59.3 Å². The topological polar surface area (TPSA) is 82.3 Å². The fourth-order valence-electron chi connectivity index (χ4n) is 1.95. The van der Waals surface area contributed by atoms with Crippen LogP contribution in [0, 0.1) is 6.57 Å². The maximum atomic E-state index is 12.8. The number of nitrogens with zero attached hydrogens (tertiary/aromatic N) is 3. The number of anilines is 1. The zero-order valence-electron chi connectivity index (χ0n) is 12.3. The molecular formula is C12H4Cl2F6N4O2S. The minimum absolute atomic E-state index is 0.261. The highest BCUT2D eigenvalue weighted by atomic mass is 35.5. The van der Waals surface area contributed by atoms with Gasteiger partial charge in [0.15, 0.2) is 5.82 Å². The lowest BCUT2D eigenvalue weighted by molar-refractivity contribution is -0.137. The minimum atomic E-state index is -6.08. The Kier molecular flexibility index (Phi) is 5.06. The Bertz CT molecular complexity index is 1050. The summed E-state index contributed by atoms with van der Waals surface area (Å²) in [6.45, 7) is 6.81. The minimum Gasteiger partial charge on any atom is -0.382 e. The SMILES string of the molecule is [C-]#[N+]c1nn(-c2c(Cl)cc(C(F)(F)F)cc2Cl)c(N)c1S(=O)(=O)C(F)(F)F. The molecule has 6 nitrogen and oxygen atoms in total. The predicted octanol–water partition coefficient (Wildman–Crippen LogP) is 4.62. The van der Waals surface area contributed by atoms with Gasteiger partial charge >= 0.3 is 17.5 Å². The van der Waals surface area contributed by atoms with Crippen LogP contribution in [0.5, 0.6) is 0 Å². The molecule has 0 unspecified atom stereocenters. The average Bonchev–Trinajstić information content (AvgIpc) is 2.81. The molecule has 0 saturated heterocycles. The molecular weight excluding hydrogens is 449 g/mol. The van der Waals surface area contributed by atoms with Crippen LogP contribution in [0.2, 0.25) is 10.0 Å². The Balaban J connectivity index is 2.83. The second kappa shape index (κ2) is 6.47. The Hall–Kier alpha value is -2.17. The van der Waals surface area contributed by atoms with Crippen molar-refractivity contribution in [1.29, 1.82) is 0 Å². The molecule has 0 fully saturated rings. The van der Waals surface area contributed by atoms with Crippen molar-refractivity contribution in [2.45, 2.75) is 16.6 Å². The zero-order chi connectivity index (χ0) is 20.9. The first-order chi connectivity index (χ1) is 12.1. The van der Waals surface area contributed by atoms with Crippen molar-refractivity contribution in [2.24, 2.45) is 0 Å². The summed E-state index contributed by atoms with van der Waals surface area (Å²) in [5.74, 6) is -2.45. The summed E-state index contributed by atoms with van der Waals surface area (Å²) in [4.78, 5) is 0.911. The molecule has 0 saturated carbocycles. The molecule has 2 N–H and O–H groups in total. The molecule has 0 amide bonds. The number of nitrogens with two attached hydrogens (primary N) is 1. The molecule has 15 heteroatoms. The van der Waals surface area contributed by atoms with E-state index in [0.717, 1.165) is 0 Å². The van der Waals surface area contributed by atoms with Crippen LogP contribution in [-0.4, -0.2) is 23.7 Å². The van der Waals surface area contributed by atoms with Gasteiger partial charge in [0.2, 0.25) is 0 Å². The molecule has 2 rings (SSSR count). The number of aromatic nitrogens is 2. The van der Waals surface area contributed by atoms with E-state index in [4.69, 9.17) is 35.5 Å². The smallest absolute Gasteiger partial charge is 0.382 e. The van der Waals surface area contributed by atoms with E-state index in [9.17, 15) is 34.8 Å². The van der Waals surface area contributed by atoms with Gasteiger partial charge in [0.05, 0.1) is 15.6 Å². The van der Waals surface area contributed by atoms with E-state index in [-0.39, 0.29) is 4.68 Å². The Morgan fingerprint density at radius 3 is 1.96 bits per heavy atom. The van der Waals surface area contributed by atoms with Crippen LogP contribution in [0.25, 0.3) is 10.5 Å². The fraction of sp³-hybridized carbons (Fsp3) is 0.167. The third-order valence-electron chi connectivity index (χ3n) is 3.09. The monoisotopic (exact) mass is 452 g/mol. The van der Waals surface area contributed by atoms with E-state index in [1.807, 2.05) is 0 Å². The molecule has 0 aliphatic rings. The number of sulfone groups is 1. The van der Waals surface area contributed by atoms with Gasteiger partial charge in [-0.05, 0) is 17.2 Å². The molecule has 0 aliphatic carbocycles. The van der Waals surface area contributed by atoms with Crippen molar-refractivity contribution < 1.29 is 34.8 Å². The van der Waals surface area contributed by atoms with Crippen molar-refractivity contribution in [2.75, 3.05) is 5.73 Å². The molecule has 0 spiro atoms. The number of alkyl halides is 6. The molecule has 0 bridgehead atoms. The summed E-state index contributed by atoms with van der Waals surface area (Å²) < 4.78 is 100. The van der Waals surface area contributed by atoms with Gasteiger partial charge in [-0.25, -0.2) is 8.42 Å². The fourth-order valence-corrected chi connectivity index (χ4v) is 3.52. The van der Waals surface area contributed by atoms with Gasteiger partial charge in [0.1, 0.15) is 10.6 Å². The molecule has 1 aromatic carbocycles. The number of rotatable bonds is 2. The number of hydrogen-bond acceptors (Lipinski definition) is 4. The van der Waals surface area contributed by atoms with Crippen molar-refractivity contribution in [1.82, 2.24) is 9.78 Å². The normalized spacial score (nSPS) is 12.9. The van der Waals surface area contributed by atoms with Gasteiger partial charge in [0.25, 0.3) is 9.84 Å². The van der Waals surface area contributed by atoms with Crippen LogP contribution in [-0.2, 0) is 16.0 Å². The lowest BCUT2D eigenvalue weighted by atomic mass is 10.2.